The zero-order chi connectivity index (χ0) is 15.6. The minimum absolute atomic E-state index is 0.0131. The molecule has 1 aromatic carbocycles. The molecular formula is C17H20N2O3. The highest BCUT2D eigenvalue weighted by atomic mass is 16.5. The van der Waals surface area contributed by atoms with Crippen molar-refractivity contribution in [3.8, 4) is 5.75 Å². The van der Waals surface area contributed by atoms with Gasteiger partial charge in [0.1, 0.15) is 12.4 Å². The Morgan fingerprint density at radius 3 is 2.86 bits per heavy atom. The maximum Gasteiger partial charge on any atom is 0.220 e. The van der Waals surface area contributed by atoms with Gasteiger partial charge in [-0.25, -0.2) is 0 Å². The molecule has 0 radical (unpaired) electrons. The van der Waals surface area contributed by atoms with Crippen molar-refractivity contribution in [3.63, 3.8) is 0 Å². The van der Waals surface area contributed by atoms with Crippen LogP contribution in [0, 0.1) is 0 Å². The van der Waals surface area contributed by atoms with Crippen LogP contribution in [0.3, 0.4) is 0 Å². The second-order valence-corrected chi connectivity index (χ2v) is 4.82. The molecule has 0 aliphatic heterocycles. The van der Waals surface area contributed by atoms with Crippen LogP contribution in [0.25, 0.3) is 0 Å². The third kappa shape index (κ3) is 5.18. The van der Waals surface area contributed by atoms with Crippen LogP contribution < -0.4 is 10.1 Å². The summed E-state index contributed by atoms with van der Waals surface area (Å²) in [6.45, 7) is 0.616. The fraction of sp³-hybridized carbons (Fsp3) is 0.294. The van der Waals surface area contributed by atoms with Gasteiger partial charge >= 0.3 is 0 Å². The number of hydrogen-bond donors (Lipinski definition) is 2. The van der Waals surface area contributed by atoms with E-state index in [0.29, 0.717) is 25.1 Å². The molecule has 0 spiro atoms. The van der Waals surface area contributed by atoms with Crippen molar-refractivity contribution >= 4 is 5.91 Å². The zero-order valence-electron chi connectivity index (χ0n) is 12.4. The molecule has 2 rings (SSSR count). The quantitative estimate of drug-likeness (QED) is 0.778. The molecular weight excluding hydrogens is 280 g/mol. The van der Waals surface area contributed by atoms with Crippen molar-refractivity contribution in [2.45, 2.75) is 19.4 Å². The molecule has 0 atom stereocenters. The molecule has 5 nitrogen and oxygen atoms in total. The van der Waals surface area contributed by atoms with Crippen LogP contribution in [-0.2, 0) is 17.8 Å². The van der Waals surface area contributed by atoms with Gasteiger partial charge < -0.3 is 15.2 Å². The molecule has 0 saturated carbocycles. The highest BCUT2D eigenvalue weighted by molar-refractivity contribution is 5.76. The van der Waals surface area contributed by atoms with Crippen LogP contribution in [0.4, 0.5) is 0 Å². The lowest BCUT2D eigenvalue weighted by atomic mass is 10.1. The van der Waals surface area contributed by atoms with Gasteiger partial charge in [0.2, 0.25) is 5.91 Å². The predicted octanol–water partition coefficient (Wildman–Crippen LogP) is 1.70. The summed E-state index contributed by atoms with van der Waals surface area (Å²) in [5.74, 6) is 0.671. The fourth-order valence-electron chi connectivity index (χ4n) is 2.03. The summed E-state index contributed by atoms with van der Waals surface area (Å²) in [6, 6.07) is 11.3. The van der Waals surface area contributed by atoms with E-state index in [9.17, 15) is 4.79 Å². The SMILES string of the molecule is O=C(CCc1cccnc1)NCc1ccccc1OCCO. The van der Waals surface area contributed by atoms with Crippen LogP contribution in [0.5, 0.6) is 5.75 Å². The summed E-state index contributed by atoms with van der Waals surface area (Å²) >= 11 is 0. The smallest absolute Gasteiger partial charge is 0.220 e. The first-order valence-electron chi connectivity index (χ1n) is 7.27. The highest BCUT2D eigenvalue weighted by Gasteiger charge is 2.06. The van der Waals surface area contributed by atoms with E-state index < -0.39 is 0 Å². The highest BCUT2D eigenvalue weighted by Crippen LogP contribution is 2.17. The normalized spacial score (nSPS) is 10.2. The Labute approximate surface area is 130 Å². The number of nitrogens with one attached hydrogen (secondary N) is 1. The van der Waals surface area contributed by atoms with Crippen molar-refractivity contribution in [2.24, 2.45) is 0 Å². The van der Waals surface area contributed by atoms with Gasteiger partial charge in [-0.2, -0.15) is 0 Å². The van der Waals surface area contributed by atoms with Gasteiger partial charge in [0.15, 0.2) is 0 Å². The maximum absolute atomic E-state index is 11.9. The molecule has 2 N–H and O–H groups in total. The van der Waals surface area contributed by atoms with E-state index in [4.69, 9.17) is 9.84 Å². The molecule has 22 heavy (non-hydrogen) atoms. The number of ether oxygens (including phenoxy) is 1. The van der Waals surface area contributed by atoms with Crippen LogP contribution in [0.2, 0.25) is 0 Å². The minimum Gasteiger partial charge on any atom is -0.491 e. The van der Waals surface area contributed by atoms with E-state index in [-0.39, 0.29) is 19.1 Å². The monoisotopic (exact) mass is 300 g/mol. The molecule has 1 amide bonds. The zero-order valence-corrected chi connectivity index (χ0v) is 12.4. The van der Waals surface area contributed by atoms with Crippen molar-refractivity contribution in [3.05, 3.63) is 59.9 Å². The van der Waals surface area contributed by atoms with Crippen molar-refractivity contribution in [1.29, 1.82) is 0 Å². The second kappa shape index (κ2) is 8.79. The number of carbonyl (C=O) groups excluding carboxylic acids is 1. The molecule has 0 saturated heterocycles. The molecule has 2 aromatic rings. The Hall–Kier alpha value is -2.40. The number of nitrogens with zero attached hydrogens (tertiary/aromatic N) is 1. The minimum atomic E-state index is -0.0359. The second-order valence-electron chi connectivity index (χ2n) is 4.82. The summed E-state index contributed by atoms with van der Waals surface area (Å²) in [7, 11) is 0. The number of aliphatic hydroxyl groups is 1. The van der Waals surface area contributed by atoms with E-state index in [0.717, 1.165) is 11.1 Å². The Morgan fingerprint density at radius 2 is 2.09 bits per heavy atom. The first-order chi connectivity index (χ1) is 10.8. The molecule has 0 bridgehead atoms. The lowest BCUT2D eigenvalue weighted by Crippen LogP contribution is -2.23. The molecule has 5 heteroatoms. The Morgan fingerprint density at radius 1 is 1.23 bits per heavy atom. The number of amides is 1. The molecule has 0 fully saturated rings. The number of benzene rings is 1. The van der Waals surface area contributed by atoms with Crippen molar-refractivity contribution in [2.75, 3.05) is 13.2 Å². The number of aryl methyl sites for hydroxylation is 1. The molecule has 0 aliphatic carbocycles. The lowest BCUT2D eigenvalue weighted by molar-refractivity contribution is -0.121. The number of rotatable bonds is 8. The fourth-order valence-corrected chi connectivity index (χ4v) is 2.03. The van der Waals surface area contributed by atoms with Crippen LogP contribution in [-0.4, -0.2) is 29.2 Å². The van der Waals surface area contributed by atoms with Crippen molar-refractivity contribution in [1.82, 2.24) is 10.3 Å². The number of pyridine rings is 1. The van der Waals surface area contributed by atoms with Crippen molar-refractivity contribution < 1.29 is 14.6 Å². The third-order valence-electron chi connectivity index (χ3n) is 3.16. The standard InChI is InChI=1S/C17H20N2O3/c20-10-11-22-16-6-2-1-5-15(16)13-19-17(21)8-7-14-4-3-9-18-12-14/h1-6,9,12,20H,7-8,10-11,13H2,(H,19,21). The maximum atomic E-state index is 11.9. The summed E-state index contributed by atoms with van der Waals surface area (Å²) in [5, 5.41) is 11.7. The third-order valence-corrected chi connectivity index (χ3v) is 3.16. The topological polar surface area (TPSA) is 71.5 Å². The van der Waals surface area contributed by atoms with E-state index in [1.54, 1.807) is 12.4 Å². The van der Waals surface area contributed by atoms with E-state index >= 15 is 0 Å². The Bertz CT molecular complexity index is 587. The van der Waals surface area contributed by atoms with Gasteiger partial charge in [-0.3, -0.25) is 9.78 Å². The van der Waals surface area contributed by atoms with Gasteiger partial charge in [-0.1, -0.05) is 24.3 Å². The number of carbonyl (C=O) groups is 1. The summed E-state index contributed by atoms with van der Waals surface area (Å²) < 4.78 is 5.44. The molecule has 0 aliphatic rings. The first-order valence-corrected chi connectivity index (χ1v) is 7.27. The Balaban J connectivity index is 1.81. The first kappa shape index (κ1) is 16.0. The summed E-state index contributed by atoms with van der Waals surface area (Å²) in [4.78, 5) is 15.9. The van der Waals surface area contributed by atoms with E-state index in [1.807, 2.05) is 36.4 Å². The van der Waals surface area contributed by atoms with Gasteiger partial charge in [0, 0.05) is 30.9 Å². The number of aromatic nitrogens is 1. The molecule has 116 valence electrons. The average molecular weight is 300 g/mol. The van der Waals surface area contributed by atoms with E-state index in [1.165, 1.54) is 0 Å². The Kier molecular flexibility index (Phi) is 6.39. The van der Waals surface area contributed by atoms with Crippen LogP contribution >= 0.6 is 0 Å². The van der Waals surface area contributed by atoms with Crippen LogP contribution in [0.15, 0.2) is 48.8 Å². The molecule has 1 aromatic heterocycles. The number of hydrogen-bond acceptors (Lipinski definition) is 4. The lowest BCUT2D eigenvalue weighted by Gasteiger charge is -2.11. The van der Waals surface area contributed by atoms with Gasteiger partial charge in [0.05, 0.1) is 6.61 Å². The predicted molar refractivity (Wildman–Crippen MR) is 83.4 cm³/mol. The van der Waals surface area contributed by atoms with E-state index in [2.05, 4.69) is 10.3 Å². The number of aliphatic hydroxyl groups excluding tert-OH is 1. The molecule has 0 unspecified atom stereocenters. The van der Waals surface area contributed by atoms with Gasteiger partial charge in [-0.05, 0) is 24.1 Å². The van der Waals surface area contributed by atoms with Gasteiger partial charge in [-0.15, -0.1) is 0 Å². The average Bonchev–Trinajstić information content (AvgIpc) is 2.58. The largest absolute Gasteiger partial charge is 0.491 e. The van der Waals surface area contributed by atoms with Gasteiger partial charge in [0.25, 0.3) is 0 Å². The molecule has 1 heterocycles. The number of para-hydroxylation sites is 1. The summed E-state index contributed by atoms with van der Waals surface area (Å²) in [5.41, 5.74) is 1.94. The van der Waals surface area contributed by atoms with Crippen LogP contribution in [0.1, 0.15) is 17.5 Å². The summed E-state index contributed by atoms with van der Waals surface area (Å²) in [6.07, 6.45) is 4.58.